The van der Waals surface area contributed by atoms with Gasteiger partial charge in [0.05, 0.1) is 5.41 Å². The van der Waals surface area contributed by atoms with Crippen molar-refractivity contribution in [3.05, 3.63) is 0 Å². The molecule has 3 unspecified atom stereocenters. The molecule has 0 radical (unpaired) electrons. The van der Waals surface area contributed by atoms with Crippen LogP contribution in [0.5, 0.6) is 0 Å². The molecule has 0 saturated carbocycles. The highest BCUT2D eigenvalue weighted by Gasteiger charge is 2.43. The van der Waals surface area contributed by atoms with Crippen LogP contribution in [0.25, 0.3) is 0 Å². The molecule has 0 aromatic heterocycles. The fourth-order valence-corrected chi connectivity index (χ4v) is 11.3. The van der Waals surface area contributed by atoms with Gasteiger partial charge in [-0.1, -0.05) is 188 Å². The normalized spacial score (nSPS) is 12.8. The fourth-order valence-electron chi connectivity index (χ4n) is 11.3. The van der Waals surface area contributed by atoms with Crippen molar-refractivity contribution in [3.63, 3.8) is 0 Å². The third kappa shape index (κ3) is 54.8. The van der Waals surface area contributed by atoms with Gasteiger partial charge in [-0.2, -0.15) is 52.7 Å². The van der Waals surface area contributed by atoms with Gasteiger partial charge in [-0.25, -0.2) is 0 Å². The number of esters is 3. The van der Waals surface area contributed by atoms with E-state index in [0.29, 0.717) is 32.1 Å². The first-order valence-electron chi connectivity index (χ1n) is 39.2. The zero-order chi connectivity index (χ0) is 81.1. The predicted octanol–water partition coefficient (Wildman–Crippen LogP) is 14.1. The molecule has 0 bridgehead atoms. The number of hydrogen-bond donors (Lipinski definition) is 8. The molecule has 22 nitrogen and oxygen atoms in total. The minimum absolute atomic E-state index is 0.0461. The van der Waals surface area contributed by atoms with E-state index in [0.717, 1.165) is 116 Å². The molecule has 108 heavy (non-hydrogen) atoms. The highest BCUT2D eigenvalue weighted by molar-refractivity contribution is 5.95. The largest absolute Gasteiger partial charge is 0.471 e. The number of amides is 8. The molecule has 0 saturated heterocycles. The van der Waals surface area contributed by atoms with Gasteiger partial charge < -0.3 is 56.7 Å². The molecule has 0 aliphatic heterocycles. The number of hydrogen-bond acceptors (Lipinski definition) is 14. The van der Waals surface area contributed by atoms with Gasteiger partial charge >= 0.3 is 66.2 Å². The second-order valence-electron chi connectivity index (χ2n) is 27.8. The van der Waals surface area contributed by atoms with Gasteiger partial charge in [0.2, 0.25) is 23.6 Å². The molecule has 8 amide bonds. The molecule has 0 aliphatic rings. The van der Waals surface area contributed by atoms with Crippen LogP contribution in [0, 0.1) is 5.41 Å². The Kier molecular flexibility index (Phi) is 56.4. The van der Waals surface area contributed by atoms with Gasteiger partial charge in [0.1, 0.15) is 37.9 Å². The Morgan fingerprint density at radius 3 is 0.824 bits per heavy atom. The van der Waals surface area contributed by atoms with E-state index in [9.17, 15) is 105 Å². The van der Waals surface area contributed by atoms with Crippen molar-refractivity contribution in [2.75, 3.05) is 52.5 Å². The number of halogens is 12. The average molecular weight is 1580 g/mol. The van der Waals surface area contributed by atoms with Crippen LogP contribution in [0.15, 0.2) is 0 Å². The second kappa shape index (κ2) is 60.1. The van der Waals surface area contributed by atoms with Crippen LogP contribution in [-0.2, 0) is 67.0 Å². The van der Waals surface area contributed by atoms with Crippen LogP contribution < -0.4 is 42.5 Å². The summed E-state index contributed by atoms with van der Waals surface area (Å²) in [6.45, 7) is 3.18. The first-order valence-corrected chi connectivity index (χ1v) is 39.2. The molecule has 0 aromatic carbocycles. The van der Waals surface area contributed by atoms with Crippen molar-refractivity contribution in [2.45, 2.75) is 346 Å². The van der Waals surface area contributed by atoms with Crippen molar-refractivity contribution in [3.8, 4) is 0 Å². The van der Waals surface area contributed by atoms with E-state index in [1.54, 1.807) is 10.6 Å². The van der Waals surface area contributed by atoms with Gasteiger partial charge in [-0.3, -0.25) is 52.7 Å². The van der Waals surface area contributed by atoms with Crippen LogP contribution in [0.4, 0.5) is 52.7 Å². The van der Waals surface area contributed by atoms with Crippen LogP contribution in [0.3, 0.4) is 0 Å². The van der Waals surface area contributed by atoms with Gasteiger partial charge in [-0.15, -0.1) is 0 Å². The summed E-state index contributed by atoms with van der Waals surface area (Å²) in [5.41, 5.74) is -1.39. The minimum atomic E-state index is -5.61. The van der Waals surface area contributed by atoms with Crippen LogP contribution in [-0.4, -0.2) is 161 Å². The number of alkyl halides is 12. The predicted molar refractivity (Wildman–Crippen MR) is 381 cm³/mol. The zero-order valence-corrected chi connectivity index (χ0v) is 63.8. The van der Waals surface area contributed by atoms with Gasteiger partial charge in [0, 0.05) is 58.4 Å². The highest BCUT2D eigenvalue weighted by Crippen LogP contribution is 2.25. The monoisotopic (exact) mass is 1580 g/mol. The molecule has 0 rings (SSSR count). The molecule has 0 aromatic rings. The van der Waals surface area contributed by atoms with E-state index in [-0.39, 0.29) is 110 Å². The third-order valence-electron chi connectivity index (χ3n) is 17.9. The first kappa shape index (κ1) is 101. The lowest BCUT2D eigenvalue weighted by atomic mass is 9.90. The van der Waals surface area contributed by atoms with E-state index in [4.69, 9.17) is 14.2 Å². The highest BCUT2D eigenvalue weighted by atomic mass is 19.4. The van der Waals surface area contributed by atoms with Crippen molar-refractivity contribution in [2.24, 2.45) is 5.41 Å². The standard InChI is InChI=1S/C74H124F12N8O14/c1-4-7-10-13-16-19-22-25-31-45-60(96)106-53-70(54-107-61(97)46-32-26-23-20-17-14-11-8-5-2,55-108-62(98)47-33-27-24-21-18-15-12-9-6-3)52-91-59(95)44-30-28-29-37-48-87-63(99)56(41-34-38-49-88-66(102)71(75,76)77)92-64(100)57(42-35-39-50-89-67(103)72(78,79)80)93-65(101)58(94-69(105)74(84,85)86)43-36-40-51-90-68(104)73(81,82)83/h56-58H,4-55H2,1-3H3,(H,87,99)(H,88,102)(H,89,103)(H,90,104)(H,91,95)(H,92,100)(H,93,101)(H,94,105). The van der Waals surface area contributed by atoms with Gasteiger partial charge in [-0.05, 0) is 89.9 Å². The number of carbonyl (C=O) groups excluding carboxylic acids is 11. The summed E-state index contributed by atoms with van der Waals surface area (Å²) < 4.78 is 174. The summed E-state index contributed by atoms with van der Waals surface area (Å²) >= 11 is 0. The quantitative estimate of drug-likeness (QED) is 0.0122. The van der Waals surface area contributed by atoms with E-state index in [1.165, 1.54) is 49.2 Å². The van der Waals surface area contributed by atoms with E-state index >= 15 is 0 Å². The molecule has 8 N–H and O–H groups in total. The third-order valence-corrected chi connectivity index (χ3v) is 17.9. The molecule has 628 valence electrons. The molecular formula is C74H124F12N8O14. The molecule has 0 heterocycles. The lowest BCUT2D eigenvalue weighted by molar-refractivity contribution is -0.174. The van der Waals surface area contributed by atoms with Crippen molar-refractivity contribution >= 4 is 65.2 Å². The Labute approximate surface area is 629 Å². The van der Waals surface area contributed by atoms with Crippen molar-refractivity contribution < 1.29 is 120 Å². The Morgan fingerprint density at radius 2 is 0.519 bits per heavy atom. The van der Waals surface area contributed by atoms with Crippen LogP contribution >= 0.6 is 0 Å². The summed E-state index contributed by atoms with van der Waals surface area (Å²) in [4.78, 5) is 141. The molecule has 34 heteroatoms. The maximum atomic E-state index is 14.1. The molecule has 0 aliphatic carbocycles. The fraction of sp³-hybridized carbons (Fsp3) is 0.851. The summed E-state index contributed by atoms with van der Waals surface area (Å²) in [7, 11) is 0. The van der Waals surface area contributed by atoms with Crippen molar-refractivity contribution in [1.82, 2.24) is 42.5 Å². The number of carbonyl (C=O) groups is 11. The summed E-state index contributed by atoms with van der Waals surface area (Å²) in [5.74, 6) is -15.3. The zero-order valence-electron chi connectivity index (χ0n) is 63.8. The number of rotatable bonds is 66. The molecular weight excluding hydrogens is 1450 g/mol. The smallest absolute Gasteiger partial charge is 0.465 e. The maximum absolute atomic E-state index is 14.1. The van der Waals surface area contributed by atoms with Crippen LogP contribution in [0.2, 0.25) is 0 Å². The molecule has 3 atom stereocenters. The second-order valence-corrected chi connectivity index (χ2v) is 27.8. The number of ether oxygens (including phenoxy) is 3. The van der Waals surface area contributed by atoms with Crippen LogP contribution in [0.1, 0.15) is 303 Å². The SMILES string of the molecule is CCCCCCCCCCCC(=O)OCC(CNC(=O)CCCCCCNC(=O)C(CCCCNC(=O)C(F)(F)F)NC(=O)C(CCCCNC(=O)C(F)(F)F)NC(=O)C(CCCCNC(=O)C(F)(F)F)NC(=O)C(F)(F)F)(COC(=O)CCCCCCCCCCC)COC(=O)CCCCCCCCCCC. The van der Waals surface area contributed by atoms with E-state index < -0.39 is 152 Å². The van der Waals surface area contributed by atoms with E-state index in [2.05, 4.69) is 42.0 Å². The first-order chi connectivity index (χ1) is 51.1. The lowest BCUT2D eigenvalue weighted by Gasteiger charge is -2.32. The minimum Gasteiger partial charge on any atom is -0.465 e. The Hall–Kier alpha value is -6.67. The summed E-state index contributed by atoms with van der Waals surface area (Å²) in [5, 5.41) is 16.0. The molecule has 0 fully saturated rings. The van der Waals surface area contributed by atoms with Gasteiger partial charge in [0.25, 0.3) is 0 Å². The summed E-state index contributed by atoms with van der Waals surface area (Å²) in [6.07, 6.45) is 4.20. The average Bonchev–Trinajstić information content (AvgIpc) is 0.851. The lowest BCUT2D eigenvalue weighted by Crippen LogP contribution is -2.57. The topological polar surface area (TPSA) is 312 Å². The Balaban J connectivity index is 6.58. The molecule has 0 spiro atoms. The van der Waals surface area contributed by atoms with Crippen molar-refractivity contribution in [1.29, 1.82) is 0 Å². The van der Waals surface area contributed by atoms with Gasteiger partial charge in [0.15, 0.2) is 0 Å². The summed E-state index contributed by atoms with van der Waals surface area (Å²) in [6, 6.07) is -5.68. The van der Waals surface area contributed by atoms with E-state index in [1.807, 2.05) is 0 Å². The Bertz CT molecular complexity index is 2460. The number of nitrogens with one attached hydrogen (secondary N) is 8. The number of unbranched alkanes of at least 4 members (excludes halogenated alkanes) is 30. The maximum Gasteiger partial charge on any atom is 0.471 e. The Morgan fingerprint density at radius 1 is 0.269 bits per heavy atom.